The van der Waals surface area contributed by atoms with Crippen molar-refractivity contribution in [3.63, 3.8) is 0 Å². The molecule has 1 rings (SSSR count). The van der Waals surface area contributed by atoms with E-state index in [2.05, 4.69) is 5.32 Å². The number of methoxy groups -OCH3 is 1. The molecule has 5 heteroatoms. The van der Waals surface area contributed by atoms with Gasteiger partial charge in [-0.25, -0.2) is 0 Å². The number of rotatable bonds is 10. The largest absolute Gasteiger partial charge is 0.493 e. The van der Waals surface area contributed by atoms with Crippen LogP contribution in [0.25, 0.3) is 6.08 Å². The van der Waals surface area contributed by atoms with Crippen LogP contribution in [0.5, 0.6) is 11.5 Å². The molecule has 0 aliphatic heterocycles. The highest BCUT2D eigenvalue weighted by molar-refractivity contribution is 5.77. The summed E-state index contributed by atoms with van der Waals surface area (Å²) in [6.07, 6.45) is 4.71. The molecule has 1 N–H and O–H groups in total. The number of allylic oxidation sites excluding steroid dienone is 1. The van der Waals surface area contributed by atoms with E-state index in [-0.39, 0.29) is 12.5 Å². The van der Waals surface area contributed by atoms with E-state index in [1.54, 1.807) is 13.2 Å². The number of amides is 1. The Balaban J connectivity index is 2.41. The van der Waals surface area contributed by atoms with Crippen molar-refractivity contribution in [2.75, 3.05) is 33.5 Å². The third kappa shape index (κ3) is 6.63. The molecule has 0 aliphatic rings. The lowest BCUT2D eigenvalue weighted by Crippen LogP contribution is -2.30. The first kappa shape index (κ1) is 18.0. The van der Waals surface area contributed by atoms with Crippen LogP contribution in [0.3, 0.4) is 0 Å². The second kappa shape index (κ2) is 10.7. The summed E-state index contributed by atoms with van der Waals surface area (Å²) >= 11 is 0. The maximum absolute atomic E-state index is 11.7. The van der Waals surface area contributed by atoms with E-state index in [9.17, 15) is 4.79 Å². The van der Waals surface area contributed by atoms with Gasteiger partial charge in [0.2, 0.25) is 0 Å². The summed E-state index contributed by atoms with van der Waals surface area (Å²) in [7, 11) is 1.58. The summed E-state index contributed by atoms with van der Waals surface area (Å²) < 4.78 is 16.0. The van der Waals surface area contributed by atoms with Gasteiger partial charge in [-0.15, -0.1) is 0 Å². The van der Waals surface area contributed by atoms with Crippen LogP contribution in [-0.2, 0) is 9.53 Å². The van der Waals surface area contributed by atoms with Gasteiger partial charge in [0.15, 0.2) is 18.1 Å². The van der Waals surface area contributed by atoms with Crippen molar-refractivity contribution in [2.45, 2.75) is 20.3 Å². The van der Waals surface area contributed by atoms with E-state index in [4.69, 9.17) is 14.2 Å². The van der Waals surface area contributed by atoms with Crippen LogP contribution in [-0.4, -0.2) is 39.4 Å². The molecule has 1 aromatic rings. The van der Waals surface area contributed by atoms with Crippen LogP contribution in [0.2, 0.25) is 0 Å². The minimum atomic E-state index is -0.156. The van der Waals surface area contributed by atoms with Gasteiger partial charge in [-0.2, -0.15) is 0 Å². The van der Waals surface area contributed by atoms with Gasteiger partial charge in [0.05, 0.1) is 7.11 Å². The topological polar surface area (TPSA) is 56.8 Å². The highest BCUT2D eigenvalue weighted by atomic mass is 16.5. The number of carbonyl (C=O) groups is 1. The van der Waals surface area contributed by atoms with Crippen LogP contribution in [0, 0.1) is 0 Å². The molecule has 0 heterocycles. The third-order valence-electron chi connectivity index (χ3n) is 2.90. The SMILES string of the molecule is CC=Cc1ccc(OCC(=O)NCCCOCC)c(OC)c1. The molecule has 0 fully saturated rings. The van der Waals surface area contributed by atoms with Gasteiger partial charge in [0.25, 0.3) is 5.91 Å². The Bertz CT molecular complexity index is 486. The summed E-state index contributed by atoms with van der Waals surface area (Å²) in [6, 6.07) is 5.59. The second-order valence-electron chi connectivity index (χ2n) is 4.60. The molecule has 22 heavy (non-hydrogen) atoms. The molecule has 0 radical (unpaired) electrons. The van der Waals surface area contributed by atoms with Gasteiger partial charge in [-0.1, -0.05) is 18.2 Å². The van der Waals surface area contributed by atoms with Crippen molar-refractivity contribution in [2.24, 2.45) is 0 Å². The minimum absolute atomic E-state index is 0.0338. The van der Waals surface area contributed by atoms with Crippen LogP contribution in [0.15, 0.2) is 24.3 Å². The van der Waals surface area contributed by atoms with Crippen molar-refractivity contribution < 1.29 is 19.0 Å². The minimum Gasteiger partial charge on any atom is -0.493 e. The lowest BCUT2D eigenvalue weighted by Gasteiger charge is -2.11. The van der Waals surface area contributed by atoms with Crippen molar-refractivity contribution in [1.29, 1.82) is 0 Å². The van der Waals surface area contributed by atoms with Gasteiger partial charge in [-0.05, 0) is 38.0 Å². The van der Waals surface area contributed by atoms with Gasteiger partial charge in [-0.3, -0.25) is 4.79 Å². The van der Waals surface area contributed by atoms with Gasteiger partial charge in [0, 0.05) is 19.8 Å². The summed E-state index contributed by atoms with van der Waals surface area (Å²) in [6.45, 7) is 5.79. The predicted octanol–water partition coefficient (Wildman–Crippen LogP) is 2.65. The summed E-state index contributed by atoms with van der Waals surface area (Å²) in [4.78, 5) is 11.7. The van der Waals surface area contributed by atoms with E-state index in [0.29, 0.717) is 31.3 Å². The Hall–Kier alpha value is -2.01. The maximum Gasteiger partial charge on any atom is 0.257 e. The number of carbonyl (C=O) groups excluding carboxylic acids is 1. The molecule has 0 spiro atoms. The number of benzene rings is 1. The Kier molecular flexibility index (Phi) is 8.76. The Labute approximate surface area is 132 Å². The molecule has 0 unspecified atom stereocenters. The second-order valence-corrected chi connectivity index (χ2v) is 4.60. The predicted molar refractivity (Wildman–Crippen MR) is 87.3 cm³/mol. The average Bonchev–Trinajstić information content (AvgIpc) is 2.53. The van der Waals surface area contributed by atoms with Crippen molar-refractivity contribution >= 4 is 12.0 Å². The van der Waals surface area contributed by atoms with Crippen molar-refractivity contribution in [3.8, 4) is 11.5 Å². The van der Waals surface area contributed by atoms with Crippen LogP contribution in [0.4, 0.5) is 0 Å². The quantitative estimate of drug-likeness (QED) is 0.675. The van der Waals surface area contributed by atoms with E-state index in [1.165, 1.54) is 0 Å². The fourth-order valence-corrected chi connectivity index (χ4v) is 1.84. The van der Waals surface area contributed by atoms with E-state index in [1.807, 2.05) is 38.1 Å². The maximum atomic E-state index is 11.7. The fourth-order valence-electron chi connectivity index (χ4n) is 1.84. The van der Waals surface area contributed by atoms with Crippen molar-refractivity contribution in [3.05, 3.63) is 29.8 Å². The zero-order valence-electron chi connectivity index (χ0n) is 13.6. The lowest BCUT2D eigenvalue weighted by molar-refractivity contribution is -0.123. The van der Waals surface area contributed by atoms with Crippen LogP contribution in [0.1, 0.15) is 25.8 Å². The molecule has 1 aromatic carbocycles. The standard InChI is InChI=1S/C17H25NO4/c1-4-7-14-8-9-15(16(12-14)20-3)22-13-17(19)18-10-6-11-21-5-2/h4,7-9,12H,5-6,10-11,13H2,1-3H3,(H,18,19). The number of ether oxygens (including phenoxy) is 3. The van der Waals surface area contributed by atoms with Gasteiger partial charge in [0.1, 0.15) is 0 Å². The van der Waals surface area contributed by atoms with E-state index in [0.717, 1.165) is 12.0 Å². The molecular formula is C17H25NO4. The average molecular weight is 307 g/mol. The fraction of sp³-hybridized carbons (Fsp3) is 0.471. The lowest BCUT2D eigenvalue weighted by atomic mass is 10.2. The molecule has 0 saturated heterocycles. The summed E-state index contributed by atoms with van der Waals surface area (Å²) in [5, 5.41) is 2.79. The summed E-state index contributed by atoms with van der Waals surface area (Å²) in [5.74, 6) is 1.01. The molecule has 0 aromatic heterocycles. The number of hydrogen-bond donors (Lipinski definition) is 1. The van der Waals surface area contributed by atoms with Crippen LogP contribution < -0.4 is 14.8 Å². The highest BCUT2D eigenvalue weighted by Crippen LogP contribution is 2.28. The molecule has 1 amide bonds. The molecule has 122 valence electrons. The molecule has 0 aliphatic carbocycles. The Morgan fingerprint density at radius 2 is 2.14 bits per heavy atom. The summed E-state index contributed by atoms with van der Waals surface area (Å²) in [5.41, 5.74) is 1.02. The number of hydrogen-bond acceptors (Lipinski definition) is 4. The highest BCUT2D eigenvalue weighted by Gasteiger charge is 2.07. The monoisotopic (exact) mass is 307 g/mol. The van der Waals surface area contributed by atoms with Gasteiger partial charge < -0.3 is 19.5 Å². The first-order valence-corrected chi connectivity index (χ1v) is 7.49. The molecule has 5 nitrogen and oxygen atoms in total. The smallest absolute Gasteiger partial charge is 0.257 e. The zero-order valence-corrected chi connectivity index (χ0v) is 13.6. The molecule has 0 bridgehead atoms. The van der Waals surface area contributed by atoms with Crippen LogP contribution >= 0.6 is 0 Å². The number of nitrogens with one attached hydrogen (secondary N) is 1. The normalized spacial score (nSPS) is 10.7. The third-order valence-corrected chi connectivity index (χ3v) is 2.90. The Morgan fingerprint density at radius 3 is 2.82 bits per heavy atom. The van der Waals surface area contributed by atoms with E-state index < -0.39 is 0 Å². The molecular weight excluding hydrogens is 282 g/mol. The first-order valence-electron chi connectivity index (χ1n) is 7.49. The van der Waals surface area contributed by atoms with E-state index >= 15 is 0 Å². The molecule has 0 atom stereocenters. The molecule has 0 saturated carbocycles. The first-order chi connectivity index (χ1) is 10.7. The van der Waals surface area contributed by atoms with Gasteiger partial charge >= 0.3 is 0 Å². The van der Waals surface area contributed by atoms with Crippen molar-refractivity contribution in [1.82, 2.24) is 5.32 Å². The zero-order chi connectivity index (χ0) is 16.2. The Morgan fingerprint density at radius 1 is 1.32 bits per heavy atom.